The van der Waals surface area contributed by atoms with Crippen molar-refractivity contribution in [2.24, 2.45) is 0 Å². The molecule has 0 bridgehead atoms. The molecule has 2 heterocycles. The van der Waals surface area contributed by atoms with Crippen LogP contribution in [0.4, 0.5) is 4.79 Å². The molecule has 122 valence electrons. The number of aliphatic carboxylic acids is 1. The highest BCUT2D eigenvalue weighted by Crippen LogP contribution is 2.25. The first kappa shape index (κ1) is 15.8. The number of benzene rings is 1. The molecule has 2 saturated heterocycles. The van der Waals surface area contributed by atoms with Gasteiger partial charge in [0, 0.05) is 18.0 Å². The smallest absolute Gasteiger partial charge is 0.328 e. The molecule has 0 aliphatic carbocycles. The van der Waals surface area contributed by atoms with E-state index in [-0.39, 0.29) is 13.0 Å². The van der Waals surface area contributed by atoms with E-state index < -0.39 is 30.0 Å². The minimum Gasteiger partial charge on any atom is -0.480 e. The molecule has 23 heavy (non-hydrogen) atoms. The zero-order chi connectivity index (χ0) is 16.6. The highest BCUT2D eigenvalue weighted by molar-refractivity contribution is 6.30. The van der Waals surface area contributed by atoms with Gasteiger partial charge >= 0.3 is 12.0 Å². The van der Waals surface area contributed by atoms with Gasteiger partial charge in [0.05, 0.1) is 13.2 Å². The first-order valence-electron chi connectivity index (χ1n) is 7.17. The monoisotopic (exact) mass is 338 g/mol. The molecule has 2 atom stereocenters. The predicted octanol–water partition coefficient (Wildman–Crippen LogP) is 0.999. The number of amides is 3. The molecule has 0 saturated carbocycles. The maximum absolute atomic E-state index is 12.4. The Labute approximate surface area is 137 Å². The van der Waals surface area contributed by atoms with Gasteiger partial charge in [-0.3, -0.25) is 4.79 Å². The van der Waals surface area contributed by atoms with Crippen LogP contribution >= 0.6 is 11.6 Å². The summed E-state index contributed by atoms with van der Waals surface area (Å²) in [6, 6.07) is 4.11. The van der Waals surface area contributed by atoms with E-state index in [0.29, 0.717) is 23.7 Å². The van der Waals surface area contributed by atoms with Crippen molar-refractivity contribution in [3.8, 4) is 0 Å². The van der Waals surface area contributed by atoms with Crippen molar-refractivity contribution in [2.75, 3.05) is 19.8 Å². The number of fused-ring (bicyclic) bond motifs is 1. The Balaban J connectivity index is 1.85. The lowest BCUT2D eigenvalue weighted by atomic mass is 10.0. The third kappa shape index (κ3) is 2.89. The maximum Gasteiger partial charge on any atom is 0.328 e. The van der Waals surface area contributed by atoms with Gasteiger partial charge in [-0.25, -0.2) is 14.5 Å². The third-order valence-corrected chi connectivity index (χ3v) is 4.29. The molecule has 2 fully saturated rings. The fourth-order valence-electron chi connectivity index (χ4n) is 2.85. The number of morpholine rings is 1. The van der Waals surface area contributed by atoms with Gasteiger partial charge in [-0.2, -0.15) is 0 Å². The summed E-state index contributed by atoms with van der Waals surface area (Å²) in [5.41, 5.74) is 0.684. The van der Waals surface area contributed by atoms with E-state index >= 15 is 0 Å². The second kappa shape index (κ2) is 6.17. The van der Waals surface area contributed by atoms with E-state index in [9.17, 15) is 19.5 Å². The molecule has 0 radical (unpaired) electrons. The Kier molecular flexibility index (Phi) is 4.23. The standard InChI is InChI=1S/C15H15ClN2O5/c16-10-3-1-9(2-4-10)7-11(14(20)21)18-13(19)12-8-23-6-5-17(12)15(18)22/h1-4,11-12H,5-8H2,(H,20,21). The first-order valence-corrected chi connectivity index (χ1v) is 7.55. The van der Waals surface area contributed by atoms with Crippen LogP contribution < -0.4 is 0 Å². The van der Waals surface area contributed by atoms with Gasteiger partial charge in [0.2, 0.25) is 0 Å². The van der Waals surface area contributed by atoms with Crippen molar-refractivity contribution in [1.29, 1.82) is 0 Å². The third-order valence-electron chi connectivity index (χ3n) is 4.04. The van der Waals surface area contributed by atoms with E-state index in [1.165, 1.54) is 4.90 Å². The minimum atomic E-state index is -1.25. The molecule has 7 nitrogen and oxygen atoms in total. The number of nitrogens with zero attached hydrogens (tertiary/aromatic N) is 2. The second-order valence-corrected chi connectivity index (χ2v) is 5.90. The Morgan fingerprint density at radius 1 is 1.35 bits per heavy atom. The number of hydrogen-bond donors (Lipinski definition) is 1. The van der Waals surface area contributed by atoms with Gasteiger partial charge in [0.15, 0.2) is 0 Å². The predicted molar refractivity (Wildman–Crippen MR) is 80.1 cm³/mol. The molecule has 2 aliphatic rings. The number of urea groups is 1. The van der Waals surface area contributed by atoms with Crippen LogP contribution in [0.3, 0.4) is 0 Å². The first-order chi connectivity index (χ1) is 11.0. The fourth-order valence-corrected chi connectivity index (χ4v) is 2.98. The van der Waals surface area contributed by atoms with Crippen molar-refractivity contribution >= 4 is 29.5 Å². The Morgan fingerprint density at radius 2 is 2.04 bits per heavy atom. The SMILES string of the molecule is O=C(O)C(Cc1ccc(Cl)cc1)N1C(=O)C2COCCN2C1=O. The normalized spacial score (nSPS) is 22.2. The maximum atomic E-state index is 12.4. The molecule has 1 aromatic rings. The second-order valence-electron chi connectivity index (χ2n) is 5.46. The summed E-state index contributed by atoms with van der Waals surface area (Å²) in [4.78, 5) is 38.7. The van der Waals surface area contributed by atoms with Crippen molar-refractivity contribution in [2.45, 2.75) is 18.5 Å². The number of imide groups is 1. The quantitative estimate of drug-likeness (QED) is 0.827. The van der Waals surface area contributed by atoms with E-state index in [2.05, 4.69) is 0 Å². The number of halogens is 1. The van der Waals surface area contributed by atoms with Gasteiger partial charge in [0.1, 0.15) is 12.1 Å². The Hall–Kier alpha value is -2.12. The molecule has 1 N–H and O–H groups in total. The molecular weight excluding hydrogens is 324 g/mol. The summed E-state index contributed by atoms with van der Waals surface area (Å²) in [5.74, 6) is -1.74. The van der Waals surface area contributed by atoms with Crippen LogP contribution in [-0.2, 0) is 20.7 Å². The van der Waals surface area contributed by atoms with Gasteiger partial charge in [-0.1, -0.05) is 23.7 Å². The van der Waals surface area contributed by atoms with Crippen LogP contribution in [0.15, 0.2) is 24.3 Å². The molecule has 8 heteroatoms. The van der Waals surface area contributed by atoms with Gasteiger partial charge in [-0.05, 0) is 17.7 Å². The molecule has 3 amide bonds. The number of ether oxygens (including phenoxy) is 1. The van der Waals surface area contributed by atoms with Crippen molar-refractivity contribution in [3.05, 3.63) is 34.9 Å². The van der Waals surface area contributed by atoms with Gasteiger partial charge in [0.25, 0.3) is 5.91 Å². The van der Waals surface area contributed by atoms with Crippen LogP contribution in [0.1, 0.15) is 5.56 Å². The van der Waals surface area contributed by atoms with E-state index in [4.69, 9.17) is 16.3 Å². The molecule has 2 unspecified atom stereocenters. The summed E-state index contributed by atoms with van der Waals surface area (Å²) < 4.78 is 5.22. The highest BCUT2D eigenvalue weighted by Gasteiger charge is 2.50. The summed E-state index contributed by atoms with van der Waals surface area (Å²) in [6.07, 6.45) is 0.0331. The topological polar surface area (TPSA) is 87.2 Å². The fraction of sp³-hybridized carbons (Fsp3) is 0.400. The van der Waals surface area contributed by atoms with Crippen molar-refractivity contribution in [1.82, 2.24) is 9.80 Å². The molecule has 2 aliphatic heterocycles. The summed E-state index contributed by atoms with van der Waals surface area (Å²) in [6.45, 7) is 0.742. The number of carboxylic acid groups (broad SMARTS) is 1. The van der Waals surface area contributed by atoms with Crippen LogP contribution in [0, 0.1) is 0 Å². The zero-order valence-electron chi connectivity index (χ0n) is 12.1. The van der Waals surface area contributed by atoms with E-state index in [1.54, 1.807) is 24.3 Å². The number of hydrogen-bond acceptors (Lipinski definition) is 4. The van der Waals surface area contributed by atoms with Crippen LogP contribution in [0.2, 0.25) is 5.02 Å². The van der Waals surface area contributed by atoms with Crippen molar-refractivity contribution < 1.29 is 24.2 Å². The number of carbonyl (C=O) groups is 3. The lowest BCUT2D eigenvalue weighted by Gasteiger charge is -2.26. The average molecular weight is 339 g/mol. The Bertz CT molecular complexity index is 624. The van der Waals surface area contributed by atoms with Crippen LogP contribution in [0.25, 0.3) is 0 Å². The zero-order valence-corrected chi connectivity index (χ0v) is 12.9. The van der Waals surface area contributed by atoms with E-state index in [0.717, 1.165) is 4.90 Å². The summed E-state index contributed by atoms with van der Waals surface area (Å²) in [7, 11) is 0. The summed E-state index contributed by atoms with van der Waals surface area (Å²) in [5, 5.41) is 10.0. The van der Waals surface area contributed by atoms with Crippen LogP contribution in [-0.4, -0.2) is 64.7 Å². The lowest BCUT2D eigenvalue weighted by Crippen LogP contribution is -2.47. The molecule has 1 aromatic carbocycles. The number of carboxylic acids is 1. The van der Waals surface area contributed by atoms with Gasteiger partial charge < -0.3 is 14.7 Å². The Morgan fingerprint density at radius 3 is 2.65 bits per heavy atom. The lowest BCUT2D eigenvalue weighted by molar-refractivity contribution is -0.147. The number of rotatable bonds is 4. The minimum absolute atomic E-state index is 0.0331. The molecule has 3 rings (SSSR count). The summed E-state index contributed by atoms with van der Waals surface area (Å²) >= 11 is 5.81. The molecule has 0 aromatic heterocycles. The number of carbonyl (C=O) groups excluding carboxylic acids is 2. The van der Waals surface area contributed by atoms with Crippen LogP contribution in [0.5, 0.6) is 0 Å². The molecule has 0 spiro atoms. The average Bonchev–Trinajstić information content (AvgIpc) is 2.79. The highest BCUT2D eigenvalue weighted by atomic mass is 35.5. The van der Waals surface area contributed by atoms with E-state index in [1.807, 2.05) is 0 Å². The van der Waals surface area contributed by atoms with Gasteiger partial charge in [-0.15, -0.1) is 0 Å². The van der Waals surface area contributed by atoms with Crippen molar-refractivity contribution in [3.63, 3.8) is 0 Å². The largest absolute Gasteiger partial charge is 0.480 e. The molecular formula is C15H15ClN2O5.